The van der Waals surface area contributed by atoms with Gasteiger partial charge in [0.05, 0.1) is 24.7 Å². The van der Waals surface area contributed by atoms with Crippen LogP contribution in [0, 0.1) is 5.92 Å². The molecule has 94 valence electrons. The highest BCUT2D eigenvalue weighted by atomic mass is 16.3. The van der Waals surface area contributed by atoms with Crippen LogP contribution < -0.4 is 4.90 Å². The predicted molar refractivity (Wildman–Crippen MR) is 67.8 cm³/mol. The summed E-state index contributed by atoms with van der Waals surface area (Å²) in [6.07, 6.45) is 7.10. The molecule has 1 fully saturated rings. The van der Waals surface area contributed by atoms with E-state index in [4.69, 9.17) is 5.11 Å². The summed E-state index contributed by atoms with van der Waals surface area (Å²) in [5, 5.41) is 9.10. The van der Waals surface area contributed by atoms with Crippen LogP contribution in [0.15, 0.2) is 12.4 Å². The number of hydrogen-bond donors (Lipinski definition) is 1. The van der Waals surface area contributed by atoms with Gasteiger partial charge in [-0.15, -0.1) is 0 Å². The Morgan fingerprint density at radius 1 is 1.41 bits per heavy atom. The van der Waals surface area contributed by atoms with E-state index < -0.39 is 0 Å². The summed E-state index contributed by atoms with van der Waals surface area (Å²) in [5.41, 5.74) is 0.651. The maximum Gasteiger partial charge on any atom is 0.147 e. The van der Waals surface area contributed by atoms with E-state index in [2.05, 4.69) is 28.7 Å². The summed E-state index contributed by atoms with van der Waals surface area (Å²) in [6, 6.07) is 0.636. The predicted octanol–water partition coefficient (Wildman–Crippen LogP) is 1.98. The van der Waals surface area contributed by atoms with E-state index in [-0.39, 0.29) is 6.61 Å². The molecule has 2 rings (SSSR count). The number of aromatic nitrogens is 2. The summed E-state index contributed by atoms with van der Waals surface area (Å²) in [5.74, 6) is 1.62. The van der Waals surface area contributed by atoms with Crippen molar-refractivity contribution < 1.29 is 5.11 Å². The zero-order valence-electron chi connectivity index (χ0n) is 10.6. The molecule has 1 aromatic rings. The van der Waals surface area contributed by atoms with Crippen LogP contribution in [-0.4, -0.2) is 27.7 Å². The molecule has 1 heterocycles. The van der Waals surface area contributed by atoms with Gasteiger partial charge in [0.2, 0.25) is 0 Å². The first kappa shape index (κ1) is 12.3. The van der Waals surface area contributed by atoms with Crippen molar-refractivity contribution in [2.45, 2.75) is 45.8 Å². The van der Waals surface area contributed by atoms with E-state index in [1.54, 1.807) is 12.4 Å². The van der Waals surface area contributed by atoms with Gasteiger partial charge in [-0.05, 0) is 25.2 Å². The lowest BCUT2D eigenvalue weighted by atomic mass is 10.1. The Bertz CT molecular complexity index is 363. The minimum atomic E-state index is -0.0382. The standard InChI is InChI=1S/C13H21N3O/c1-10(2)5-6-16(12-3-4-12)13-8-14-7-11(9-17)15-13/h7-8,10,12,17H,3-6,9H2,1-2H3. The van der Waals surface area contributed by atoms with Gasteiger partial charge in [-0.2, -0.15) is 0 Å². The van der Waals surface area contributed by atoms with Gasteiger partial charge in [-0.25, -0.2) is 4.98 Å². The smallest absolute Gasteiger partial charge is 0.147 e. The third-order valence-electron chi connectivity index (χ3n) is 3.06. The lowest BCUT2D eigenvalue weighted by molar-refractivity contribution is 0.276. The second kappa shape index (κ2) is 5.45. The second-order valence-corrected chi connectivity index (χ2v) is 5.13. The molecule has 0 radical (unpaired) electrons. The molecule has 0 spiro atoms. The van der Waals surface area contributed by atoms with Crippen LogP contribution in [0.25, 0.3) is 0 Å². The molecule has 0 bridgehead atoms. The van der Waals surface area contributed by atoms with Gasteiger partial charge in [-0.3, -0.25) is 4.98 Å². The number of rotatable bonds is 6. The fraction of sp³-hybridized carbons (Fsp3) is 0.692. The van der Waals surface area contributed by atoms with Gasteiger partial charge in [0.25, 0.3) is 0 Å². The molecule has 0 unspecified atom stereocenters. The fourth-order valence-electron chi connectivity index (χ4n) is 1.88. The van der Waals surface area contributed by atoms with Gasteiger partial charge in [0.1, 0.15) is 5.82 Å². The lowest BCUT2D eigenvalue weighted by Crippen LogP contribution is -2.29. The Balaban J connectivity index is 2.08. The van der Waals surface area contributed by atoms with Crippen molar-refractivity contribution in [3.05, 3.63) is 18.1 Å². The Morgan fingerprint density at radius 2 is 2.18 bits per heavy atom. The average molecular weight is 235 g/mol. The van der Waals surface area contributed by atoms with Crippen LogP contribution >= 0.6 is 0 Å². The fourth-order valence-corrected chi connectivity index (χ4v) is 1.88. The van der Waals surface area contributed by atoms with Crippen LogP contribution in [0.3, 0.4) is 0 Å². The number of aliphatic hydroxyl groups excluding tert-OH is 1. The highest BCUT2D eigenvalue weighted by molar-refractivity contribution is 5.39. The van der Waals surface area contributed by atoms with E-state index in [0.717, 1.165) is 12.4 Å². The molecule has 1 aliphatic rings. The minimum absolute atomic E-state index is 0.0382. The SMILES string of the molecule is CC(C)CCN(c1cncc(CO)n1)C1CC1. The highest BCUT2D eigenvalue weighted by Crippen LogP contribution is 2.30. The summed E-state index contributed by atoms with van der Waals surface area (Å²) < 4.78 is 0. The Kier molecular flexibility index (Phi) is 3.94. The maximum atomic E-state index is 9.10. The molecule has 1 aliphatic carbocycles. The Morgan fingerprint density at radius 3 is 2.76 bits per heavy atom. The van der Waals surface area contributed by atoms with Crippen LogP contribution in [0.5, 0.6) is 0 Å². The molecule has 4 nitrogen and oxygen atoms in total. The number of hydrogen-bond acceptors (Lipinski definition) is 4. The van der Waals surface area contributed by atoms with Gasteiger partial charge >= 0.3 is 0 Å². The molecule has 1 N–H and O–H groups in total. The van der Waals surface area contributed by atoms with Crippen molar-refractivity contribution in [1.29, 1.82) is 0 Å². The summed E-state index contributed by atoms with van der Waals surface area (Å²) >= 11 is 0. The minimum Gasteiger partial charge on any atom is -0.390 e. The summed E-state index contributed by atoms with van der Waals surface area (Å²) in [6.45, 7) is 5.47. The molecule has 1 aromatic heterocycles. The first-order valence-electron chi connectivity index (χ1n) is 6.39. The molecule has 1 saturated carbocycles. The van der Waals surface area contributed by atoms with Crippen molar-refractivity contribution in [3.63, 3.8) is 0 Å². The van der Waals surface area contributed by atoms with Crippen molar-refractivity contribution in [2.75, 3.05) is 11.4 Å². The number of anilines is 1. The molecular formula is C13H21N3O. The summed E-state index contributed by atoms with van der Waals surface area (Å²) in [7, 11) is 0. The molecule has 0 saturated heterocycles. The number of aliphatic hydroxyl groups is 1. The van der Waals surface area contributed by atoms with E-state index >= 15 is 0 Å². The molecule has 0 aliphatic heterocycles. The quantitative estimate of drug-likeness (QED) is 0.819. The molecule has 0 atom stereocenters. The monoisotopic (exact) mass is 235 g/mol. The van der Waals surface area contributed by atoms with E-state index in [1.165, 1.54) is 19.3 Å². The van der Waals surface area contributed by atoms with Crippen molar-refractivity contribution in [2.24, 2.45) is 5.92 Å². The Hall–Kier alpha value is -1.16. The van der Waals surface area contributed by atoms with E-state index in [1.807, 2.05) is 0 Å². The van der Waals surface area contributed by atoms with Crippen LogP contribution in [0.4, 0.5) is 5.82 Å². The third-order valence-corrected chi connectivity index (χ3v) is 3.06. The lowest BCUT2D eigenvalue weighted by Gasteiger charge is -2.24. The zero-order chi connectivity index (χ0) is 12.3. The van der Waals surface area contributed by atoms with E-state index in [0.29, 0.717) is 17.7 Å². The van der Waals surface area contributed by atoms with Crippen molar-refractivity contribution in [1.82, 2.24) is 9.97 Å². The third kappa shape index (κ3) is 3.40. The van der Waals surface area contributed by atoms with Gasteiger partial charge in [-0.1, -0.05) is 13.8 Å². The topological polar surface area (TPSA) is 49.2 Å². The van der Waals surface area contributed by atoms with Crippen molar-refractivity contribution in [3.8, 4) is 0 Å². The van der Waals surface area contributed by atoms with Crippen LogP contribution in [-0.2, 0) is 6.61 Å². The highest BCUT2D eigenvalue weighted by Gasteiger charge is 2.30. The van der Waals surface area contributed by atoms with Gasteiger partial charge in [0, 0.05) is 12.6 Å². The van der Waals surface area contributed by atoms with Crippen LogP contribution in [0.1, 0.15) is 38.8 Å². The zero-order valence-corrected chi connectivity index (χ0v) is 10.6. The second-order valence-electron chi connectivity index (χ2n) is 5.13. The van der Waals surface area contributed by atoms with Gasteiger partial charge < -0.3 is 10.0 Å². The molecule has 17 heavy (non-hydrogen) atoms. The first-order valence-corrected chi connectivity index (χ1v) is 6.39. The average Bonchev–Trinajstić information content (AvgIpc) is 3.14. The van der Waals surface area contributed by atoms with Crippen LogP contribution in [0.2, 0.25) is 0 Å². The molecule has 4 heteroatoms. The summed E-state index contributed by atoms with van der Waals surface area (Å²) in [4.78, 5) is 10.9. The molecule has 0 amide bonds. The maximum absolute atomic E-state index is 9.10. The van der Waals surface area contributed by atoms with E-state index in [9.17, 15) is 0 Å². The normalized spacial score (nSPS) is 15.3. The molecular weight excluding hydrogens is 214 g/mol. The number of nitrogens with zero attached hydrogens (tertiary/aromatic N) is 3. The van der Waals surface area contributed by atoms with Gasteiger partial charge in [0.15, 0.2) is 0 Å². The first-order chi connectivity index (χ1) is 8.20. The largest absolute Gasteiger partial charge is 0.390 e. The van der Waals surface area contributed by atoms with Crippen molar-refractivity contribution >= 4 is 5.82 Å². The molecule has 0 aromatic carbocycles. The Labute approximate surface area is 103 Å².